The molecule has 52 heavy (non-hydrogen) atoms. The Balaban J connectivity index is 1.36. The van der Waals surface area contributed by atoms with Crippen LogP contribution >= 0.6 is 0 Å². The highest BCUT2D eigenvalue weighted by molar-refractivity contribution is 5.88. The van der Waals surface area contributed by atoms with Crippen molar-refractivity contribution in [3.05, 3.63) is 52.9 Å². The van der Waals surface area contributed by atoms with E-state index in [9.17, 15) is 61.0 Å². The van der Waals surface area contributed by atoms with Crippen LogP contribution in [-0.4, -0.2) is 162 Å². The molecule has 6 rings (SSSR count). The molecular formula is C33H40O19. The largest absolute Gasteiger partial charge is 0.508 e. The van der Waals surface area contributed by atoms with Crippen LogP contribution in [0.3, 0.4) is 0 Å². The zero-order valence-corrected chi connectivity index (χ0v) is 27.3. The van der Waals surface area contributed by atoms with Gasteiger partial charge in [-0.05, 0) is 24.6 Å². The van der Waals surface area contributed by atoms with Crippen molar-refractivity contribution in [2.45, 2.75) is 99.0 Å². The van der Waals surface area contributed by atoms with Gasteiger partial charge in [0.15, 0.2) is 18.7 Å². The third-order valence-corrected chi connectivity index (χ3v) is 9.30. The maximum atomic E-state index is 13.4. The Labute approximate surface area is 293 Å². The van der Waals surface area contributed by atoms with Crippen molar-refractivity contribution < 1.29 is 89.0 Å². The van der Waals surface area contributed by atoms with Crippen LogP contribution in [0.5, 0.6) is 17.2 Å². The van der Waals surface area contributed by atoms with Crippen LogP contribution in [0, 0.1) is 0 Å². The van der Waals surface area contributed by atoms with E-state index in [2.05, 4.69) is 0 Å². The lowest BCUT2D eigenvalue weighted by Gasteiger charge is -2.48. The highest BCUT2D eigenvalue weighted by Crippen LogP contribution is 2.37. The smallest absolute Gasteiger partial charge is 0.229 e. The summed E-state index contributed by atoms with van der Waals surface area (Å²) in [5.74, 6) is -0.854. The number of hydrogen-bond donors (Lipinski definition) is 11. The second-order valence-electron chi connectivity index (χ2n) is 12.8. The Morgan fingerprint density at radius 2 is 1.25 bits per heavy atom. The minimum Gasteiger partial charge on any atom is -0.508 e. The van der Waals surface area contributed by atoms with Crippen molar-refractivity contribution in [3.8, 4) is 28.4 Å². The normalized spacial score (nSPS) is 38.3. The molecule has 3 aliphatic rings. The quantitative estimate of drug-likeness (QED) is 0.102. The summed E-state index contributed by atoms with van der Waals surface area (Å²) in [5, 5.41) is 114. The van der Waals surface area contributed by atoms with Crippen molar-refractivity contribution in [2.24, 2.45) is 0 Å². The molecule has 0 spiro atoms. The fourth-order valence-corrected chi connectivity index (χ4v) is 6.30. The van der Waals surface area contributed by atoms with Crippen LogP contribution in [0.4, 0.5) is 0 Å². The first-order valence-electron chi connectivity index (χ1n) is 16.2. The van der Waals surface area contributed by atoms with E-state index < -0.39 is 117 Å². The van der Waals surface area contributed by atoms with Gasteiger partial charge in [0.25, 0.3) is 0 Å². The monoisotopic (exact) mass is 740 g/mol. The maximum Gasteiger partial charge on any atom is 0.229 e. The Morgan fingerprint density at radius 3 is 1.90 bits per heavy atom. The number of ether oxygens (including phenoxy) is 6. The summed E-state index contributed by atoms with van der Waals surface area (Å²) in [5.41, 5.74) is -0.315. The number of aliphatic hydroxyl groups is 9. The molecule has 0 amide bonds. The Hall–Kier alpha value is -3.51. The number of phenolic OH excluding ortho intramolecular Hbond substituents is 2. The number of benzene rings is 2. The summed E-state index contributed by atoms with van der Waals surface area (Å²) in [4.78, 5) is 13.4. The van der Waals surface area contributed by atoms with Crippen LogP contribution in [0.1, 0.15) is 6.92 Å². The van der Waals surface area contributed by atoms with Gasteiger partial charge in [-0.3, -0.25) is 4.79 Å². The highest BCUT2D eigenvalue weighted by atomic mass is 16.8. The standard InChI is InChI=1S/C33H40O19/c1-11-21(38)25(42)27(44)31(47-11)52-30-29(51-32-28(45)26(43)23(40)18(8-34)49-32)24(41)19(9-35)50-33(30)48-14-6-16(37)20-17(7-14)46-10-15(22(20)39)12-2-4-13(36)5-3-12/h2-7,10-11,18-19,21,23-38,40-45H,8-9H2,1H3. The van der Waals surface area contributed by atoms with E-state index in [1.54, 1.807) is 0 Å². The number of aromatic hydroxyl groups is 2. The summed E-state index contributed by atoms with van der Waals surface area (Å²) in [6, 6.07) is 7.92. The van der Waals surface area contributed by atoms with Crippen molar-refractivity contribution in [1.82, 2.24) is 0 Å². The first-order valence-corrected chi connectivity index (χ1v) is 16.2. The second kappa shape index (κ2) is 15.5. The van der Waals surface area contributed by atoms with Gasteiger partial charge in [-0.15, -0.1) is 0 Å². The molecule has 3 saturated heterocycles. The topological polar surface area (TPSA) is 308 Å². The van der Waals surface area contributed by atoms with Crippen molar-refractivity contribution in [1.29, 1.82) is 0 Å². The lowest BCUT2D eigenvalue weighted by molar-refractivity contribution is -0.383. The van der Waals surface area contributed by atoms with E-state index in [-0.39, 0.29) is 28.0 Å². The molecule has 19 heteroatoms. The summed E-state index contributed by atoms with van der Waals surface area (Å²) in [6.07, 6.45) is -24.5. The zero-order chi connectivity index (χ0) is 37.6. The molecule has 0 saturated carbocycles. The Morgan fingerprint density at radius 1 is 0.673 bits per heavy atom. The Bertz CT molecular complexity index is 1730. The molecule has 3 fully saturated rings. The highest BCUT2D eigenvalue weighted by Gasteiger charge is 2.54. The zero-order valence-electron chi connectivity index (χ0n) is 27.3. The molecule has 286 valence electrons. The Kier molecular flexibility index (Phi) is 11.4. The molecule has 1 aromatic heterocycles. The average Bonchev–Trinajstić information content (AvgIpc) is 3.12. The first-order chi connectivity index (χ1) is 24.7. The molecule has 2 aromatic carbocycles. The fourth-order valence-electron chi connectivity index (χ4n) is 6.30. The molecule has 0 aliphatic carbocycles. The molecule has 11 N–H and O–H groups in total. The molecule has 0 radical (unpaired) electrons. The fraction of sp³-hybridized carbons (Fsp3) is 0.545. The summed E-state index contributed by atoms with van der Waals surface area (Å²) < 4.78 is 40.3. The number of phenols is 2. The third kappa shape index (κ3) is 7.21. The van der Waals surface area contributed by atoms with E-state index in [0.717, 1.165) is 12.3 Å². The molecule has 3 aromatic rings. The molecule has 0 bridgehead atoms. The van der Waals surface area contributed by atoms with Crippen molar-refractivity contribution in [2.75, 3.05) is 13.2 Å². The van der Waals surface area contributed by atoms with E-state index >= 15 is 0 Å². The van der Waals surface area contributed by atoms with Crippen LogP contribution in [-0.2, 0) is 23.7 Å². The van der Waals surface area contributed by atoms with Crippen LogP contribution in [0.15, 0.2) is 51.9 Å². The van der Waals surface area contributed by atoms with E-state index in [1.165, 1.54) is 37.3 Å². The number of aliphatic hydroxyl groups excluding tert-OH is 9. The van der Waals surface area contributed by atoms with E-state index in [4.69, 9.17) is 32.8 Å². The molecule has 4 heterocycles. The third-order valence-electron chi connectivity index (χ3n) is 9.30. The second-order valence-corrected chi connectivity index (χ2v) is 12.8. The molecule has 15 unspecified atom stereocenters. The lowest BCUT2D eigenvalue weighted by atomic mass is 9.96. The van der Waals surface area contributed by atoms with Crippen molar-refractivity contribution in [3.63, 3.8) is 0 Å². The predicted octanol–water partition coefficient (Wildman–Crippen LogP) is -3.27. The summed E-state index contributed by atoms with van der Waals surface area (Å²) in [6.45, 7) is -0.298. The van der Waals surface area contributed by atoms with Gasteiger partial charge in [-0.25, -0.2) is 0 Å². The molecule has 3 aliphatic heterocycles. The molecular weight excluding hydrogens is 700 g/mol. The van der Waals surface area contributed by atoms with Gasteiger partial charge < -0.3 is 89.0 Å². The van der Waals surface area contributed by atoms with Crippen LogP contribution in [0.2, 0.25) is 0 Å². The SMILES string of the molecule is CC1OC(OC2C(Oc3cc(O)c4c(=O)c(-c5ccc(O)cc5)coc4c3)OC(CO)C(O)C2OC2OC(CO)C(O)C(O)C2O)C(O)C(O)C1O. The van der Waals surface area contributed by atoms with Gasteiger partial charge in [-0.1, -0.05) is 12.1 Å². The average molecular weight is 741 g/mol. The van der Waals surface area contributed by atoms with E-state index in [1.807, 2.05) is 0 Å². The van der Waals surface area contributed by atoms with Gasteiger partial charge in [0.2, 0.25) is 11.7 Å². The first kappa shape index (κ1) is 38.2. The minimum atomic E-state index is -1.96. The minimum absolute atomic E-state index is 0.0320. The molecule has 19 nitrogen and oxygen atoms in total. The number of hydrogen-bond acceptors (Lipinski definition) is 19. The van der Waals surface area contributed by atoms with Gasteiger partial charge >= 0.3 is 0 Å². The van der Waals surface area contributed by atoms with Gasteiger partial charge in [0.1, 0.15) is 95.5 Å². The maximum absolute atomic E-state index is 13.4. The summed E-state index contributed by atoms with van der Waals surface area (Å²) >= 11 is 0. The van der Waals surface area contributed by atoms with Gasteiger partial charge in [0.05, 0.1) is 24.9 Å². The van der Waals surface area contributed by atoms with Gasteiger partial charge in [-0.2, -0.15) is 0 Å². The summed E-state index contributed by atoms with van der Waals surface area (Å²) in [7, 11) is 0. The molecule has 15 atom stereocenters. The van der Waals surface area contributed by atoms with Crippen LogP contribution < -0.4 is 10.2 Å². The van der Waals surface area contributed by atoms with E-state index in [0.29, 0.717) is 5.56 Å². The number of fused-ring (bicyclic) bond motifs is 1. The predicted molar refractivity (Wildman–Crippen MR) is 169 cm³/mol. The van der Waals surface area contributed by atoms with Crippen molar-refractivity contribution >= 4 is 11.0 Å². The number of rotatable bonds is 9. The lowest BCUT2D eigenvalue weighted by Crippen LogP contribution is -2.67. The van der Waals surface area contributed by atoms with Gasteiger partial charge in [0, 0.05) is 12.1 Å². The van der Waals surface area contributed by atoms with Crippen LogP contribution in [0.25, 0.3) is 22.1 Å².